The van der Waals surface area contributed by atoms with Gasteiger partial charge in [0.1, 0.15) is 6.54 Å². The zero-order valence-corrected chi connectivity index (χ0v) is 9.87. The largest absolute Gasteiger partial charge is 0.480 e. The maximum atomic E-state index is 11.5. The van der Waals surface area contributed by atoms with Crippen molar-refractivity contribution < 1.29 is 14.7 Å². The van der Waals surface area contributed by atoms with Crippen LogP contribution >= 0.6 is 0 Å². The van der Waals surface area contributed by atoms with Crippen LogP contribution < -0.4 is 5.32 Å². The summed E-state index contributed by atoms with van der Waals surface area (Å²) >= 11 is 0. The van der Waals surface area contributed by atoms with E-state index in [0.29, 0.717) is 5.92 Å². The molecule has 0 aliphatic heterocycles. The maximum Gasteiger partial charge on any atom is 0.322 e. The Morgan fingerprint density at radius 2 is 1.94 bits per heavy atom. The van der Waals surface area contributed by atoms with Crippen molar-refractivity contribution in [3.05, 3.63) is 0 Å². The Morgan fingerprint density at radius 3 is 2.50 bits per heavy atom. The zero-order valence-electron chi connectivity index (χ0n) is 9.87. The van der Waals surface area contributed by atoms with Crippen LogP contribution in [0.4, 0.5) is 0 Å². The molecule has 1 unspecified atom stereocenters. The molecular formula is C12H21NO3. The Labute approximate surface area is 96.4 Å². The number of carboxylic acids is 1. The summed E-state index contributed by atoms with van der Waals surface area (Å²) in [7, 11) is 0. The highest BCUT2D eigenvalue weighted by Gasteiger charge is 2.20. The topological polar surface area (TPSA) is 66.4 Å². The molecule has 1 aliphatic carbocycles. The highest BCUT2D eigenvalue weighted by Crippen LogP contribution is 2.28. The predicted molar refractivity (Wildman–Crippen MR) is 61.0 cm³/mol. The van der Waals surface area contributed by atoms with E-state index in [2.05, 4.69) is 5.32 Å². The average molecular weight is 227 g/mol. The molecule has 1 saturated carbocycles. The third kappa shape index (κ3) is 4.64. The quantitative estimate of drug-likeness (QED) is 0.752. The molecular weight excluding hydrogens is 206 g/mol. The lowest BCUT2D eigenvalue weighted by molar-refractivity contribution is -0.138. The molecule has 0 saturated heterocycles. The standard InChI is InChI=1S/C12H21NO3/c1-9(12(16)13-8-11(14)15)7-10-5-3-2-4-6-10/h9-10H,2-8H2,1H3,(H,13,16)(H,14,15). The highest BCUT2D eigenvalue weighted by atomic mass is 16.4. The summed E-state index contributed by atoms with van der Waals surface area (Å²) in [4.78, 5) is 21.8. The number of nitrogens with one attached hydrogen (secondary N) is 1. The van der Waals surface area contributed by atoms with E-state index in [4.69, 9.17) is 5.11 Å². The minimum atomic E-state index is -0.988. The van der Waals surface area contributed by atoms with Gasteiger partial charge in [0.15, 0.2) is 0 Å². The lowest BCUT2D eigenvalue weighted by Crippen LogP contribution is -2.34. The second-order valence-electron chi connectivity index (χ2n) is 4.75. The summed E-state index contributed by atoms with van der Waals surface area (Å²) in [5.74, 6) is -0.534. The molecule has 4 nitrogen and oxygen atoms in total. The Morgan fingerprint density at radius 1 is 1.31 bits per heavy atom. The van der Waals surface area contributed by atoms with Crippen LogP contribution in [0.25, 0.3) is 0 Å². The van der Waals surface area contributed by atoms with Gasteiger partial charge < -0.3 is 10.4 Å². The molecule has 0 radical (unpaired) electrons. The first-order valence-electron chi connectivity index (χ1n) is 6.09. The van der Waals surface area contributed by atoms with Crippen molar-refractivity contribution in [2.45, 2.75) is 45.4 Å². The SMILES string of the molecule is CC(CC1CCCCC1)C(=O)NCC(=O)O. The van der Waals surface area contributed by atoms with Crippen molar-refractivity contribution in [1.29, 1.82) is 0 Å². The van der Waals surface area contributed by atoms with Crippen molar-refractivity contribution in [3.63, 3.8) is 0 Å². The number of carbonyl (C=O) groups is 2. The molecule has 1 rings (SSSR count). The Balaban J connectivity index is 2.24. The van der Waals surface area contributed by atoms with E-state index < -0.39 is 5.97 Å². The number of hydrogen-bond donors (Lipinski definition) is 2. The second kappa shape index (κ2) is 6.51. The fourth-order valence-electron chi connectivity index (χ4n) is 2.37. The van der Waals surface area contributed by atoms with Gasteiger partial charge in [-0.05, 0) is 12.3 Å². The van der Waals surface area contributed by atoms with Gasteiger partial charge in [-0.25, -0.2) is 0 Å². The van der Waals surface area contributed by atoms with E-state index in [1.165, 1.54) is 32.1 Å². The van der Waals surface area contributed by atoms with E-state index in [0.717, 1.165) is 6.42 Å². The summed E-state index contributed by atoms with van der Waals surface area (Å²) in [5.41, 5.74) is 0. The summed E-state index contributed by atoms with van der Waals surface area (Å²) in [6.07, 6.45) is 7.19. The van der Waals surface area contributed by atoms with E-state index in [-0.39, 0.29) is 18.4 Å². The number of hydrogen-bond acceptors (Lipinski definition) is 2. The number of carboxylic acid groups (broad SMARTS) is 1. The summed E-state index contributed by atoms with van der Waals surface area (Å²) in [6.45, 7) is 1.61. The molecule has 0 bridgehead atoms. The lowest BCUT2D eigenvalue weighted by Gasteiger charge is -2.24. The molecule has 1 amide bonds. The van der Waals surface area contributed by atoms with Gasteiger partial charge in [-0.3, -0.25) is 9.59 Å². The van der Waals surface area contributed by atoms with Crippen molar-refractivity contribution in [3.8, 4) is 0 Å². The Kier molecular flexibility index (Phi) is 5.29. The minimum Gasteiger partial charge on any atom is -0.480 e. The molecule has 0 aromatic heterocycles. The normalized spacial score (nSPS) is 19.1. The van der Waals surface area contributed by atoms with E-state index in [9.17, 15) is 9.59 Å². The predicted octanol–water partition coefficient (Wildman–Crippen LogP) is 1.79. The van der Waals surface area contributed by atoms with Crippen LogP contribution in [0.5, 0.6) is 0 Å². The van der Waals surface area contributed by atoms with E-state index in [1.807, 2.05) is 6.92 Å². The fourth-order valence-corrected chi connectivity index (χ4v) is 2.37. The minimum absolute atomic E-state index is 0.0672. The Bertz CT molecular complexity index is 247. The molecule has 92 valence electrons. The molecule has 0 aromatic carbocycles. The fraction of sp³-hybridized carbons (Fsp3) is 0.833. The van der Waals surface area contributed by atoms with Crippen LogP contribution in [-0.4, -0.2) is 23.5 Å². The van der Waals surface area contributed by atoms with Gasteiger partial charge in [0.05, 0.1) is 0 Å². The zero-order chi connectivity index (χ0) is 12.0. The van der Waals surface area contributed by atoms with E-state index >= 15 is 0 Å². The maximum absolute atomic E-state index is 11.5. The van der Waals surface area contributed by atoms with Crippen molar-refractivity contribution in [2.75, 3.05) is 6.54 Å². The van der Waals surface area contributed by atoms with Crippen molar-refractivity contribution >= 4 is 11.9 Å². The van der Waals surface area contributed by atoms with Gasteiger partial charge in [0.25, 0.3) is 0 Å². The molecule has 0 spiro atoms. The average Bonchev–Trinajstić information content (AvgIpc) is 2.27. The van der Waals surface area contributed by atoms with Gasteiger partial charge in [-0.15, -0.1) is 0 Å². The summed E-state index contributed by atoms with van der Waals surface area (Å²) in [5, 5.41) is 10.9. The van der Waals surface area contributed by atoms with Crippen molar-refractivity contribution in [1.82, 2.24) is 5.32 Å². The number of amides is 1. The van der Waals surface area contributed by atoms with Crippen LogP contribution in [0.1, 0.15) is 45.4 Å². The molecule has 1 atom stereocenters. The summed E-state index contributed by atoms with van der Waals surface area (Å²) in [6, 6.07) is 0. The third-order valence-corrected chi connectivity index (χ3v) is 3.27. The molecule has 1 fully saturated rings. The van der Waals surface area contributed by atoms with Gasteiger partial charge in [0, 0.05) is 5.92 Å². The van der Waals surface area contributed by atoms with Crippen molar-refractivity contribution in [2.24, 2.45) is 11.8 Å². The van der Waals surface area contributed by atoms with Crippen LogP contribution in [0, 0.1) is 11.8 Å². The van der Waals surface area contributed by atoms with Gasteiger partial charge in [-0.2, -0.15) is 0 Å². The third-order valence-electron chi connectivity index (χ3n) is 3.27. The molecule has 0 heterocycles. The first-order valence-corrected chi connectivity index (χ1v) is 6.09. The van der Waals surface area contributed by atoms with Crippen LogP contribution in [-0.2, 0) is 9.59 Å². The molecule has 0 aromatic rings. The smallest absolute Gasteiger partial charge is 0.322 e. The lowest BCUT2D eigenvalue weighted by atomic mass is 9.83. The highest BCUT2D eigenvalue weighted by molar-refractivity contribution is 5.82. The first-order chi connectivity index (χ1) is 7.59. The molecule has 16 heavy (non-hydrogen) atoms. The van der Waals surface area contributed by atoms with Gasteiger partial charge in [-0.1, -0.05) is 39.0 Å². The second-order valence-corrected chi connectivity index (χ2v) is 4.75. The van der Waals surface area contributed by atoms with Crippen LogP contribution in [0.3, 0.4) is 0 Å². The molecule has 2 N–H and O–H groups in total. The molecule has 4 heteroatoms. The van der Waals surface area contributed by atoms with E-state index in [1.54, 1.807) is 0 Å². The van der Waals surface area contributed by atoms with Gasteiger partial charge >= 0.3 is 5.97 Å². The van der Waals surface area contributed by atoms with Gasteiger partial charge in [0.2, 0.25) is 5.91 Å². The molecule has 1 aliphatic rings. The van der Waals surface area contributed by atoms with Crippen LogP contribution in [0.15, 0.2) is 0 Å². The number of carbonyl (C=O) groups excluding carboxylic acids is 1. The summed E-state index contributed by atoms with van der Waals surface area (Å²) < 4.78 is 0. The number of rotatable bonds is 5. The number of aliphatic carboxylic acids is 1. The van der Waals surface area contributed by atoms with Crippen LogP contribution in [0.2, 0.25) is 0 Å². The Hall–Kier alpha value is -1.06. The monoisotopic (exact) mass is 227 g/mol. The first kappa shape index (κ1) is 13.0.